The molecule has 0 N–H and O–H groups in total. The molecule has 1 heterocycles. The van der Waals surface area contributed by atoms with E-state index in [-0.39, 0.29) is 5.56 Å². The fraction of sp³-hybridized carbons (Fsp3) is 0.690. The molecule has 0 aliphatic heterocycles. The SMILES string of the molecule is CCCCCCCCn1c(=O)c(OCCCC)c(OCCCC)c2ccc(OCCCC)cc21. The van der Waals surface area contributed by atoms with Gasteiger partial charge in [0.15, 0.2) is 5.75 Å². The van der Waals surface area contributed by atoms with Crippen molar-refractivity contribution in [3.8, 4) is 17.2 Å². The van der Waals surface area contributed by atoms with E-state index in [9.17, 15) is 4.79 Å². The van der Waals surface area contributed by atoms with Crippen LogP contribution in [0.1, 0.15) is 105 Å². The van der Waals surface area contributed by atoms with Gasteiger partial charge in [0.25, 0.3) is 5.56 Å². The Morgan fingerprint density at radius 1 is 0.647 bits per heavy atom. The van der Waals surface area contributed by atoms with Crippen LogP contribution < -0.4 is 19.8 Å². The minimum atomic E-state index is -0.0885. The molecule has 2 rings (SSSR count). The molecule has 0 saturated heterocycles. The third-order valence-corrected chi connectivity index (χ3v) is 6.14. The van der Waals surface area contributed by atoms with Gasteiger partial charge in [-0.2, -0.15) is 0 Å². The van der Waals surface area contributed by atoms with Crippen molar-refractivity contribution >= 4 is 10.9 Å². The summed E-state index contributed by atoms with van der Waals surface area (Å²) in [6.45, 7) is 11.1. The molecule has 0 amide bonds. The Balaban J connectivity index is 2.45. The van der Waals surface area contributed by atoms with Crippen molar-refractivity contribution in [1.29, 1.82) is 0 Å². The molecule has 0 radical (unpaired) electrons. The van der Waals surface area contributed by atoms with Gasteiger partial charge in [-0.25, -0.2) is 0 Å². The van der Waals surface area contributed by atoms with E-state index in [1.54, 1.807) is 0 Å². The average Bonchev–Trinajstić information content (AvgIpc) is 2.84. The lowest BCUT2D eigenvalue weighted by Gasteiger charge is -2.19. The molecule has 5 nitrogen and oxygen atoms in total. The molecule has 2 aromatic rings. The number of benzene rings is 1. The summed E-state index contributed by atoms with van der Waals surface area (Å²) in [6.07, 6.45) is 13.1. The quantitative estimate of drug-likeness (QED) is 0.195. The summed E-state index contributed by atoms with van der Waals surface area (Å²) in [5, 5.41) is 0.927. The predicted molar refractivity (Wildman–Crippen MR) is 143 cm³/mol. The highest BCUT2D eigenvalue weighted by Crippen LogP contribution is 2.35. The van der Waals surface area contributed by atoms with E-state index in [2.05, 4.69) is 27.7 Å². The molecule has 0 spiro atoms. The minimum Gasteiger partial charge on any atom is -0.494 e. The molecule has 1 aromatic carbocycles. The zero-order chi connectivity index (χ0) is 24.6. The number of fused-ring (bicyclic) bond motifs is 1. The zero-order valence-corrected chi connectivity index (χ0v) is 22.1. The highest BCUT2D eigenvalue weighted by atomic mass is 16.5. The van der Waals surface area contributed by atoms with E-state index in [1.165, 1.54) is 25.7 Å². The van der Waals surface area contributed by atoms with Crippen molar-refractivity contribution in [3.63, 3.8) is 0 Å². The van der Waals surface area contributed by atoms with Crippen LogP contribution in [0.15, 0.2) is 23.0 Å². The Kier molecular flexibility index (Phi) is 13.6. The van der Waals surface area contributed by atoms with E-state index in [4.69, 9.17) is 14.2 Å². The number of ether oxygens (including phenoxy) is 3. The van der Waals surface area contributed by atoms with Gasteiger partial charge in [0, 0.05) is 18.0 Å². The molecule has 0 atom stereocenters. The maximum Gasteiger partial charge on any atom is 0.297 e. The smallest absolute Gasteiger partial charge is 0.297 e. The van der Waals surface area contributed by atoms with Crippen LogP contribution in [0.5, 0.6) is 17.2 Å². The van der Waals surface area contributed by atoms with Crippen LogP contribution in [0, 0.1) is 0 Å². The molecule has 0 saturated carbocycles. The molecule has 5 heteroatoms. The lowest BCUT2D eigenvalue weighted by Crippen LogP contribution is -2.24. The minimum absolute atomic E-state index is 0.0885. The Morgan fingerprint density at radius 2 is 1.21 bits per heavy atom. The van der Waals surface area contributed by atoms with Gasteiger partial charge in [-0.05, 0) is 37.8 Å². The lowest BCUT2D eigenvalue weighted by atomic mass is 10.1. The van der Waals surface area contributed by atoms with Crippen LogP contribution in [-0.2, 0) is 6.54 Å². The van der Waals surface area contributed by atoms with Gasteiger partial charge in [0.05, 0.1) is 25.3 Å². The van der Waals surface area contributed by atoms with Gasteiger partial charge in [0.1, 0.15) is 5.75 Å². The first-order chi connectivity index (χ1) is 16.7. The predicted octanol–water partition coefficient (Wildman–Crippen LogP) is 7.90. The van der Waals surface area contributed by atoms with Crippen LogP contribution >= 0.6 is 0 Å². The summed E-state index contributed by atoms with van der Waals surface area (Å²) in [5.74, 6) is 1.75. The zero-order valence-electron chi connectivity index (χ0n) is 22.1. The van der Waals surface area contributed by atoms with Crippen molar-refractivity contribution in [2.75, 3.05) is 19.8 Å². The van der Waals surface area contributed by atoms with E-state index >= 15 is 0 Å². The summed E-state index contributed by atoms with van der Waals surface area (Å²) < 4.78 is 20.1. The summed E-state index contributed by atoms with van der Waals surface area (Å²) in [6, 6.07) is 6.02. The average molecular weight is 474 g/mol. The van der Waals surface area contributed by atoms with Gasteiger partial charge in [0.2, 0.25) is 5.75 Å². The molecule has 1 aromatic heterocycles. The van der Waals surface area contributed by atoms with Crippen LogP contribution in [0.2, 0.25) is 0 Å². The number of rotatable bonds is 19. The number of pyridine rings is 1. The molecular formula is C29H47NO4. The van der Waals surface area contributed by atoms with E-state index in [1.807, 2.05) is 22.8 Å². The maximum absolute atomic E-state index is 13.7. The standard InChI is InChI=1S/C29H47NO4/c1-5-9-13-14-15-16-19-30-26-23-24(32-20-10-6-2)17-18-25(26)27(33-21-11-7-3)28(29(30)31)34-22-12-8-4/h17-18,23H,5-16,19-22H2,1-4H3. The Labute approximate surface area is 206 Å². The molecule has 0 fully saturated rings. The number of hydrogen-bond acceptors (Lipinski definition) is 4. The van der Waals surface area contributed by atoms with Crippen molar-refractivity contribution in [1.82, 2.24) is 4.57 Å². The number of hydrogen-bond donors (Lipinski definition) is 0. The lowest BCUT2D eigenvalue weighted by molar-refractivity contribution is 0.259. The highest BCUT2D eigenvalue weighted by molar-refractivity contribution is 5.89. The Hall–Kier alpha value is -2.17. The van der Waals surface area contributed by atoms with E-state index < -0.39 is 0 Å². The van der Waals surface area contributed by atoms with Crippen molar-refractivity contribution in [2.45, 2.75) is 111 Å². The monoisotopic (exact) mass is 473 g/mol. The second-order valence-corrected chi connectivity index (χ2v) is 9.17. The second-order valence-electron chi connectivity index (χ2n) is 9.17. The molecule has 0 unspecified atom stereocenters. The van der Waals surface area contributed by atoms with Gasteiger partial charge < -0.3 is 18.8 Å². The maximum atomic E-state index is 13.7. The van der Waals surface area contributed by atoms with Gasteiger partial charge in [-0.15, -0.1) is 0 Å². The summed E-state index contributed by atoms with van der Waals surface area (Å²) in [4.78, 5) is 13.7. The second kappa shape index (κ2) is 16.5. The Bertz CT molecular complexity index is 890. The van der Waals surface area contributed by atoms with Crippen molar-refractivity contribution in [2.24, 2.45) is 0 Å². The third-order valence-electron chi connectivity index (χ3n) is 6.14. The van der Waals surface area contributed by atoms with Crippen LogP contribution in [0.4, 0.5) is 0 Å². The topological polar surface area (TPSA) is 49.7 Å². The van der Waals surface area contributed by atoms with Gasteiger partial charge in [-0.1, -0.05) is 79.1 Å². The summed E-state index contributed by atoms with van der Waals surface area (Å²) in [7, 11) is 0. The molecular weight excluding hydrogens is 426 g/mol. The fourth-order valence-electron chi connectivity index (χ4n) is 3.98. The van der Waals surface area contributed by atoms with E-state index in [0.29, 0.717) is 37.9 Å². The number of unbranched alkanes of at least 4 members (excludes halogenated alkanes) is 8. The Morgan fingerprint density at radius 3 is 1.85 bits per heavy atom. The number of aromatic nitrogens is 1. The first-order valence-electron chi connectivity index (χ1n) is 13.8. The van der Waals surface area contributed by atoms with E-state index in [0.717, 1.165) is 68.0 Å². The fourth-order valence-corrected chi connectivity index (χ4v) is 3.98. The summed E-state index contributed by atoms with van der Waals surface area (Å²) in [5.41, 5.74) is 0.788. The molecule has 34 heavy (non-hydrogen) atoms. The number of nitrogens with zero attached hydrogens (tertiary/aromatic N) is 1. The normalized spacial score (nSPS) is 11.2. The van der Waals surface area contributed by atoms with Crippen LogP contribution in [0.3, 0.4) is 0 Å². The third kappa shape index (κ3) is 8.56. The first kappa shape index (κ1) is 28.1. The first-order valence-corrected chi connectivity index (χ1v) is 13.8. The van der Waals surface area contributed by atoms with Crippen LogP contribution in [0.25, 0.3) is 10.9 Å². The summed E-state index contributed by atoms with van der Waals surface area (Å²) >= 11 is 0. The molecule has 192 valence electrons. The molecule has 0 aliphatic carbocycles. The molecule has 0 aliphatic rings. The molecule has 0 bridgehead atoms. The van der Waals surface area contributed by atoms with Crippen molar-refractivity contribution in [3.05, 3.63) is 28.6 Å². The van der Waals surface area contributed by atoms with Gasteiger partial charge in [-0.3, -0.25) is 4.79 Å². The van der Waals surface area contributed by atoms with Gasteiger partial charge >= 0.3 is 0 Å². The van der Waals surface area contributed by atoms with Crippen molar-refractivity contribution < 1.29 is 14.2 Å². The highest BCUT2D eigenvalue weighted by Gasteiger charge is 2.20. The van der Waals surface area contributed by atoms with Crippen LogP contribution in [-0.4, -0.2) is 24.4 Å². The number of aryl methyl sites for hydroxylation is 1. The largest absolute Gasteiger partial charge is 0.494 e.